The number of carbonyl (C=O) groups excluding carboxylic acids is 1. The Hall–Kier alpha value is -3.23. The van der Waals surface area contributed by atoms with Crippen LogP contribution in [0, 0.1) is 6.92 Å². The molecular formula is C23H23ClN2O5S. The number of halogens is 1. The van der Waals surface area contributed by atoms with Gasteiger partial charge in [0.25, 0.3) is 10.0 Å². The van der Waals surface area contributed by atoms with Crippen molar-refractivity contribution >= 4 is 38.9 Å². The highest BCUT2D eigenvalue weighted by Crippen LogP contribution is 2.30. The molecule has 1 N–H and O–H groups in total. The van der Waals surface area contributed by atoms with Crippen molar-refractivity contribution in [3.8, 4) is 11.5 Å². The van der Waals surface area contributed by atoms with E-state index in [0.717, 1.165) is 4.31 Å². The number of para-hydroxylation sites is 1. The molecule has 0 radical (unpaired) electrons. The molecule has 1 amide bonds. The van der Waals surface area contributed by atoms with Gasteiger partial charge in [0.15, 0.2) is 11.5 Å². The van der Waals surface area contributed by atoms with Crippen molar-refractivity contribution in [2.45, 2.75) is 11.8 Å². The first kappa shape index (κ1) is 23.4. The largest absolute Gasteiger partial charge is 0.493 e. The average molecular weight is 475 g/mol. The van der Waals surface area contributed by atoms with Crippen LogP contribution in [0.5, 0.6) is 11.5 Å². The molecule has 0 spiro atoms. The maximum Gasteiger partial charge on any atom is 0.264 e. The zero-order valence-corrected chi connectivity index (χ0v) is 19.4. The predicted molar refractivity (Wildman–Crippen MR) is 125 cm³/mol. The number of hydrogen-bond acceptors (Lipinski definition) is 5. The van der Waals surface area contributed by atoms with Crippen molar-refractivity contribution in [2.24, 2.45) is 0 Å². The SMILES string of the molecule is COc1ccc(NC(=O)CN(c2ccccc2C)S(=O)(=O)c2ccc(Cl)cc2)cc1OC. The van der Waals surface area contributed by atoms with Gasteiger partial charge in [-0.15, -0.1) is 0 Å². The number of anilines is 2. The first-order valence-corrected chi connectivity index (χ1v) is 11.4. The van der Waals surface area contributed by atoms with E-state index in [1.54, 1.807) is 49.4 Å². The molecule has 32 heavy (non-hydrogen) atoms. The molecule has 0 aliphatic rings. The van der Waals surface area contributed by atoms with E-state index < -0.39 is 22.5 Å². The van der Waals surface area contributed by atoms with Crippen molar-refractivity contribution < 1.29 is 22.7 Å². The monoisotopic (exact) mass is 474 g/mol. The lowest BCUT2D eigenvalue weighted by molar-refractivity contribution is -0.114. The zero-order chi connectivity index (χ0) is 23.3. The first-order chi connectivity index (χ1) is 15.3. The Kier molecular flexibility index (Phi) is 7.27. The summed E-state index contributed by atoms with van der Waals surface area (Å²) in [5.74, 6) is 0.435. The summed E-state index contributed by atoms with van der Waals surface area (Å²) < 4.78 is 38.4. The Morgan fingerprint density at radius 2 is 1.62 bits per heavy atom. The number of benzene rings is 3. The fourth-order valence-electron chi connectivity index (χ4n) is 3.12. The van der Waals surface area contributed by atoms with Crippen molar-refractivity contribution in [1.82, 2.24) is 0 Å². The van der Waals surface area contributed by atoms with Gasteiger partial charge in [-0.2, -0.15) is 0 Å². The van der Waals surface area contributed by atoms with Gasteiger partial charge < -0.3 is 14.8 Å². The summed E-state index contributed by atoms with van der Waals surface area (Å²) in [7, 11) is -1.04. The minimum absolute atomic E-state index is 0.0315. The maximum atomic E-state index is 13.4. The van der Waals surface area contributed by atoms with E-state index in [9.17, 15) is 13.2 Å². The fourth-order valence-corrected chi connectivity index (χ4v) is 4.73. The maximum absolute atomic E-state index is 13.4. The fraction of sp³-hybridized carbons (Fsp3) is 0.174. The molecule has 3 aromatic carbocycles. The van der Waals surface area contributed by atoms with Gasteiger partial charge in [0.1, 0.15) is 6.54 Å². The molecule has 0 saturated carbocycles. The molecule has 0 fully saturated rings. The standard InChI is InChI=1S/C23H23ClN2O5S/c1-16-6-4-5-7-20(16)26(32(28,29)19-11-8-17(24)9-12-19)15-23(27)25-18-10-13-21(30-2)22(14-18)31-3/h4-14H,15H2,1-3H3,(H,25,27). The second kappa shape index (κ2) is 9.93. The third kappa shape index (κ3) is 5.15. The number of aryl methyl sites for hydroxylation is 1. The Morgan fingerprint density at radius 1 is 0.969 bits per heavy atom. The van der Waals surface area contributed by atoms with E-state index >= 15 is 0 Å². The molecule has 0 unspecified atom stereocenters. The molecule has 0 aliphatic heterocycles. The van der Waals surface area contributed by atoms with Crippen LogP contribution < -0.4 is 19.1 Å². The van der Waals surface area contributed by atoms with Gasteiger partial charge in [-0.1, -0.05) is 29.8 Å². The van der Waals surface area contributed by atoms with Crippen molar-refractivity contribution in [2.75, 3.05) is 30.4 Å². The van der Waals surface area contributed by atoms with Crippen LogP contribution in [0.2, 0.25) is 5.02 Å². The molecular weight excluding hydrogens is 452 g/mol. The van der Waals surface area contributed by atoms with Crippen LogP contribution in [0.25, 0.3) is 0 Å². The Labute approximate surface area is 192 Å². The summed E-state index contributed by atoms with van der Waals surface area (Å²) in [5, 5.41) is 3.13. The number of amides is 1. The molecule has 168 valence electrons. The molecule has 0 aromatic heterocycles. The van der Waals surface area contributed by atoms with Crippen molar-refractivity contribution in [1.29, 1.82) is 0 Å². The average Bonchev–Trinajstić information content (AvgIpc) is 2.78. The summed E-state index contributed by atoms with van der Waals surface area (Å²) in [6, 6.07) is 17.7. The molecule has 0 heterocycles. The summed E-state index contributed by atoms with van der Waals surface area (Å²) in [5.41, 5.74) is 1.56. The molecule has 0 atom stereocenters. The van der Waals surface area contributed by atoms with Gasteiger partial charge in [-0.05, 0) is 55.0 Å². The molecule has 0 bridgehead atoms. The summed E-state index contributed by atoms with van der Waals surface area (Å²) in [4.78, 5) is 12.9. The molecule has 0 saturated heterocycles. The third-order valence-corrected chi connectivity index (χ3v) is 6.77. The van der Waals surface area contributed by atoms with Gasteiger partial charge in [-0.3, -0.25) is 9.10 Å². The van der Waals surface area contributed by atoms with Gasteiger partial charge in [-0.25, -0.2) is 8.42 Å². The lowest BCUT2D eigenvalue weighted by Crippen LogP contribution is -2.38. The molecule has 3 aromatic rings. The van der Waals surface area contributed by atoms with Crippen LogP contribution in [-0.2, 0) is 14.8 Å². The van der Waals surface area contributed by atoms with Crippen molar-refractivity contribution in [3.05, 3.63) is 77.3 Å². The van der Waals surface area contributed by atoms with Crippen LogP contribution in [0.1, 0.15) is 5.56 Å². The van der Waals surface area contributed by atoms with Crippen LogP contribution >= 0.6 is 11.6 Å². The third-order valence-electron chi connectivity index (χ3n) is 4.74. The normalized spacial score (nSPS) is 11.0. The van der Waals surface area contributed by atoms with Gasteiger partial charge in [0, 0.05) is 16.8 Å². The molecule has 0 aliphatic carbocycles. The Balaban J connectivity index is 1.94. The number of hydrogen-bond donors (Lipinski definition) is 1. The second-order valence-corrected chi connectivity index (χ2v) is 9.17. The Bertz CT molecular complexity index is 1210. The number of ether oxygens (including phenoxy) is 2. The number of nitrogens with zero attached hydrogens (tertiary/aromatic N) is 1. The van der Waals surface area contributed by atoms with Crippen molar-refractivity contribution in [3.63, 3.8) is 0 Å². The number of carbonyl (C=O) groups is 1. The molecule has 9 heteroatoms. The van der Waals surface area contributed by atoms with Crippen LogP contribution in [0.3, 0.4) is 0 Å². The quantitative estimate of drug-likeness (QED) is 0.519. The number of rotatable bonds is 8. The highest BCUT2D eigenvalue weighted by Gasteiger charge is 2.28. The van der Waals surface area contributed by atoms with Crippen LogP contribution in [0.4, 0.5) is 11.4 Å². The highest BCUT2D eigenvalue weighted by molar-refractivity contribution is 7.92. The van der Waals surface area contributed by atoms with E-state index in [0.29, 0.717) is 33.5 Å². The topological polar surface area (TPSA) is 84.9 Å². The molecule has 7 nitrogen and oxygen atoms in total. The molecule has 3 rings (SSSR count). The van der Waals surface area contributed by atoms with E-state index in [1.165, 1.54) is 38.5 Å². The van der Waals surface area contributed by atoms with E-state index in [-0.39, 0.29) is 4.90 Å². The second-order valence-electron chi connectivity index (χ2n) is 6.87. The minimum atomic E-state index is -4.04. The lowest BCUT2D eigenvalue weighted by Gasteiger charge is -2.25. The summed E-state index contributed by atoms with van der Waals surface area (Å²) in [6.45, 7) is 1.36. The summed E-state index contributed by atoms with van der Waals surface area (Å²) >= 11 is 5.91. The highest BCUT2D eigenvalue weighted by atomic mass is 35.5. The minimum Gasteiger partial charge on any atom is -0.493 e. The van der Waals surface area contributed by atoms with Crippen LogP contribution in [-0.4, -0.2) is 35.1 Å². The van der Waals surface area contributed by atoms with E-state index in [1.807, 2.05) is 0 Å². The number of sulfonamides is 1. The zero-order valence-electron chi connectivity index (χ0n) is 17.8. The Morgan fingerprint density at radius 3 is 2.25 bits per heavy atom. The lowest BCUT2D eigenvalue weighted by atomic mass is 10.2. The van der Waals surface area contributed by atoms with E-state index in [2.05, 4.69) is 5.32 Å². The summed E-state index contributed by atoms with van der Waals surface area (Å²) in [6.07, 6.45) is 0. The van der Waals surface area contributed by atoms with Gasteiger partial charge in [0.2, 0.25) is 5.91 Å². The number of methoxy groups -OCH3 is 2. The van der Waals surface area contributed by atoms with Gasteiger partial charge in [0.05, 0.1) is 24.8 Å². The number of nitrogens with one attached hydrogen (secondary N) is 1. The van der Waals surface area contributed by atoms with Crippen LogP contribution in [0.15, 0.2) is 71.6 Å². The smallest absolute Gasteiger partial charge is 0.264 e. The van der Waals surface area contributed by atoms with Gasteiger partial charge >= 0.3 is 0 Å². The first-order valence-electron chi connectivity index (χ1n) is 9.62. The van der Waals surface area contributed by atoms with E-state index in [4.69, 9.17) is 21.1 Å². The predicted octanol–water partition coefficient (Wildman–Crippen LogP) is 4.50.